The Morgan fingerprint density at radius 1 is 1.14 bits per heavy atom. The van der Waals surface area contributed by atoms with E-state index in [1.807, 2.05) is 0 Å². The van der Waals surface area contributed by atoms with Crippen molar-refractivity contribution in [2.45, 2.75) is 64.8 Å². The maximum Gasteiger partial charge on any atom is 0.192 e. The van der Waals surface area contributed by atoms with Crippen molar-refractivity contribution in [2.24, 2.45) is 0 Å². The Labute approximate surface area is 130 Å². The molecule has 3 nitrogen and oxygen atoms in total. The predicted octanol–water partition coefficient (Wildman–Crippen LogP) is 4.59. The van der Waals surface area contributed by atoms with Crippen LogP contribution in [-0.2, 0) is 11.0 Å². The lowest BCUT2D eigenvalue weighted by atomic mass is 10.1. The van der Waals surface area contributed by atoms with E-state index in [9.17, 15) is 0 Å². The molecule has 0 unspecified atom stereocenters. The molecule has 1 aromatic rings. The van der Waals surface area contributed by atoms with E-state index >= 15 is 0 Å². The summed E-state index contributed by atoms with van der Waals surface area (Å²) in [5.41, 5.74) is 1.06. The van der Waals surface area contributed by atoms with E-state index in [2.05, 4.69) is 57.0 Å². The number of pyridine rings is 1. The lowest BCUT2D eigenvalue weighted by Gasteiger charge is -2.36. The normalized spacial score (nSPS) is 17.1. The third kappa shape index (κ3) is 4.30. The molecule has 1 aliphatic rings. The van der Waals surface area contributed by atoms with Gasteiger partial charge in [0.05, 0.1) is 12.3 Å². The second-order valence-electron chi connectivity index (χ2n) is 7.58. The minimum Gasteiger partial charge on any atom is -0.411 e. The van der Waals surface area contributed by atoms with E-state index < -0.39 is 8.32 Å². The minimum absolute atomic E-state index is 0.248. The zero-order valence-corrected chi connectivity index (χ0v) is 15.3. The Kier molecular flexibility index (Phi) is 5.10. The van der Waals surface area contributed by atoms with E-state index in [0.717, 1.165) is 24.6 Å². The van der Waals surface area contributed by atoms with E-state index in [0.29, 0.717) is 6.61 Å². The second kappa shape index (κ2) is 6.49. The molecule has 1 saturated heterocycles. The van der Waals surface area contributed by atoms with Crippen LogP contribution in [0, 0.1) is 0 Å². The standard InChI is InChI=1S/C17H30N2OSi/c1-17(2,3)21(4,5)20-14-15-10-9-11-16(18-15)19-12-7-6-8-13-19/h9-11H,6-8,12-14H2,1-5H3. The molecule has 1 aliphatic heterocycles. The van der Waals surface area contributed by atoms with Crippen molar-refractivity contribution in [3.63, 3.8) is 0 Å². The summed E-state index contributed by atoms with van der Waals surface area (Å²) < 4.78 is 6.28. The van der Waals surface area contributed by atoms with Crippen molar-refractivity contribution >= 4 is 14.1 Å². The molecular weight excluding hydrogens is 276 g/mol. The molecule has 0 radical (unpaired) electrons. The van der Waals surface area contributed by atoms with Gasteiger partial charge in [-0.15, -0.1) is 0 Å². The molecule has 0 atom stereocenters. The first-order valence-electron chi connectivity index (χ1n) is 8.14. The summed E-state index contributed by atoms with van der Waals surface area (Å²) in [6.07, 6.45) is 3.92. The van der Waals surface area contributed by atoms with Crippen LogP contribution >= 0.6 is 0 Å². The average molecular weight is 307 g/mol. The predicted molar refractivity (Wildman–Crippen MR) is 92.3 cm³/mol. The van der Waals surface area contributed by atoms with Crippen molar-refractivity contribution in [1.82, 2.24) is 4.98 Å². The fourth-order valence-electron chi connectivity index (χ4n) is 2.32. The minimum atomic E-state index is -1.70. The highest BCUT2D eigenvalue weighted by molar-refractivity contribution is 6.74. The molecule has 0 N–H and O–H groups in total. The molecule has 0 saturated carbocycles. The van der Waals surface area contributed by atoms with Crippen molar-refractivity contribution in [2.75, 3.05) is 18.0 Å². The smallest absolute Gasteiger partial charge is 0.192 e. The van der Waals surface area contributed by atoms with E-state index in [1.165, 1.54) is 19.3 Å². The van der Waals surface area contributed by atoms with Crippen LogP contribution in [0.4, 0.5) is 5.82 Å². The van der Waals surface area contributed by atoms with Crippen LogP contribution in [0.15, 0.2) is 18.2 Å². The van der Waals surface area contributed by atoms with Crippen molar-refractivity contribution in [3.8, 4) is 0 Å². The van der Waals surface area contributed by atoms with Gasteiger partial charge in [0.15, 0.2) is 8.32 Å². The summed E-state index contributed by atoms with van der Waals surface area (Å²) in [5.74, 6) is 1.12. The van der Waals surface area contributed by atoms with Gasteiger partial charge in [-0.05, 0) is 49.5 Å². The maximum absolute atomic E-state index is 6.28. The molecule has 0 aromatic carbocycles. The van der Waals surface area contributed by atoms with E-state index in [4.69, 9.17) is 9.41 Å². The van der Waals surface area contributed by atoms with Gasteiger partial charge >= 0.3 is 0 Å². The maximum atomic E-state index is 6.28. The molecule has 21 heavy (non-hydrogen) atoms. The molecule has 1 aromatic heterocycles. The lowest BCUT2D eigenvalue weighted by molar-refractivity contribution is 0.272. The van der Waals surface area contributed by atoms with Crippen LogP contribution in [-0.4, -0.2) is 26.4 Å². The van der Waals surface area contributed by atoms with Crippen LogP contribution in [0.1, 0.15) is 45.7 Å². The average Bonchev–Trinajstić information content (AvgIpc) is 2.45. The molecule has 2 rings (SSSR count). The molecule has 0 aliphatic carbocycles. The number of hydrogen-bond donors (Lipinski definition) is 0. The number of aromatic nitrogens is 1. The quantitative estimate of drug-likeness (QED) is 0.761. The zero-order valence-electron chi connectivity index (χ0n) is 14.3. The van der Waals surface area contributed by atoms with Gasteiger partial charge in [0.1, 0.15) is 5.82 Å². The van der Waals surface area contributed by atoms with Gasteiger partial charge in [-0.25, -0.2) is 4.98 Å². The Hall–Kier alpha value is -0.873. The fraction of sp³-hybridized carbons (Fsp3) is 0.706. The number of nitrogens with zero attached hydrogens (tertiary/aromatic N) is 2. The molecule has 0 spiro atoms. The Bertz CT molecular complexity index is 462. The molecule has 0 amide bonds. The van der Waals surface area contributed by atoms with E-state index in [-0.39, 0.29) is 5.04 Å². The second-order valence-corrected chi connectivity index (χ2v) is 12.4. The lowest BCUT2D eigenvalue weighted by Crippen LogP contribution is -2.40. The van der Waals surface area contributed by atoms with Crippen molar-refractivity contribution in [1.29, 1.82) is 0 Å². The summed E-state index contributed by atoms with van der Waals surface area (Å²) in [7, 11) is -1.70. The Morgan fingerprint density at radius 3 is 2.43 bits per heavy atom. The summed E-state index contributed by atoms with van der Waals surface area (Å²) in [6, 6.07) is 6.32. The SMILES string of the molecule is CC(C)(C)[Si](C)(C)OCc1cccc(N2CCCCC2)n1. The fourth-order valence-corrected chi connectivity index (χ4v) is 3.26. The highest BCUT2D eigenvalue weighted by atomic mass is 28.4. The topological polar surface area (TPSA) is 25.4 Å². The first-order chi connectivity index (χ1) is 9.79. The molecule has 118 valence electrons. The summed E-state index contributed by atoms with van der Waals surface area (Å²) >= 11 is 0. The number of piperidine rings is 1. The van der Waals surface area contributed by atoms with Gasteiger partial charge in [-0.3, -0.25) is 0 Å². The van der Waals surface area contributed by atoms with E-state index in [1.54, 1.807) is 0 Å². The van der Waals surface area contributed by atoms with Crippen LogP contribution in [0.25, 0.3) is 0 Å². The highest BCUT2D eigenvalue weighted by Crippen LogP contribution is 2.37. The van der Waals surface area contributed by atoms with Gasteiger partial charge < -0.3 is 9.33 Å². The monoisotopic (exact) mass is 306 g/mol. The van der Waals surface area contributed by atoms with Gasteiger partial charge in [-0.1, -0.05) is 26.8 Å². The van der Waals surface area contributed by atoms with Crippen LogP contribution in [0.3, 0.4) is 0 Å². The summed E-state index contributed by atoms with van der Waals surface area (Å²) in [6.45, 7) is 14.3. The van der Waals surface area contributed by atoms with Crippen LogP contribution in [0.5, 0.6) is 0 Å². The molecule has 1 fully saturated rings. The molecule has 4 heteroatoms. The van der Waals surface area contributed by atoms with Gasteiger partial charge in [-0.2, -0.15) is 0 Å². The first kappa shape index (κ1) is 16.5. The highest BCUT2D eigenvalue weighted by Gasteiger charge is 2.37. The Balaban J connectivity index is 2.01. The largest absolute Gasteiger partial charge is 0.411 e. The summed E-state index contributed by atoms with van der Waals surface area (Å²) in [4.78, 5) is 7.21. The number of hydrogen-bond acceptors (Lipinski definition) is 3. The number of rotatable bonds is 4. The zero-order chi connectivity index (χ0) is 15.5. The molecule has 2 heterocycles. The molecular formula is C17H30N2OSi. The molecule has 0 bridgehead atoms. The third-order valence-electron chi connectivity index (χ3n) is 4.86. The van der Waals surface area contributed by atoms with Crippen LogP contribution < -0.4 is 4.90 Å². The first-order valence-corrected chi connectivity index (χ1v) is 11.1. The van der Waals surface area contributed by atoms with Gasteiger partial charge in [0.2, 0.25) is 0 Å². The van der Waals surface area contributed by atoms with Gasteiger partial charge in [0, 0.05) is 13.1 Å². The van der Waals surface area contributed by atoms with Crippen molar-refractivity contribution < 1.29 is 4.43 Å². The summed E-state index contributed by atoms with van der Waals surface area (Å²) in [5, 5.41) is 0.248. The van der Waals surface area contributed by atoms with Gasteiger partial charge in [0.25, 0.3) is 0 Å². The number of anilines is 1. The van der Waals surface area contributed by atoms with Crippen LogP contribution in [0.2, 0.25) is 18.1 Å². The van der Waals surface area contributed by atoms with Crippen molar-refractivity contribution in [3.05, 3.63) is 23.9 Å². The Morgan fingerprint density at radius 2 is 1.81 bits per heavy atom. The third-order valence-corrected chi connectivity index (χ3v) is 9.34.